The van der Waals surface area contributed by atoms with Crippen molar-refractivity contribution in [2.45, 2.75) is 31.6 Å². The number of nitrogens with zero attached hydrogens (tertiary/aromatic N) is 1. The molecule has 0 N–H and O–H groups in total. The molecule has 1 amide bonds. The maximum absolute atomic E-state index is 12.0. The zero-order valence-corrected chi connectivity index (χ0v) is 12.7. The fourth-order valence-electron chi connectivity index (χ4n) is 2.50. The average molecular weight is 277 g/mol. The summed E-state index contributed by atoms with van der Waals surface area (Å²) in [7, 11) is 0. The SMILES string of the molecule is CC(C)C(=O)N1CCCC(CSc2ccccc2)C1. The van der Waals surface area contributed by atoms with E-state index in [0.717, 1.165) is 25.3 Å². The van der Waals surface area contributed by atoms with Gasteiger partial charge in [0.25, 0.3) is 0 Å². The number of likely N-dealkylation sites (tertiary alicyclic amines) is 1. The first kappa shape index (κ1) is 14.4. The normalized spacial score (nSPS) is 19.7. The second kappa shape index (κ2) is 6.99. The Morgan fingerprint density at radius 2 is 2.11 bits per heavy atom. The Hall–Kier alpha value is -0.960. The molecule has 1 atom stereocenters. The van der Waals surface area contributed by atoms with Gasteiger partial charge >= 0.3 is 0 Å². The smallest absolute Gasteiger partial charge is 0.225 e. The van der Waals surface area contributed by atoms with Crippen molar-refractivity contribution in [2.75, 3.05) is 18.8 Å². The van der Waals surface area contributed by atoms with Crippen molar-refractivity contribution in [2.24, 2.45) is 11.8 Å². The highest BCUT2D eigenvalue weighted by atomic mass is 32.2. The number of thioether (sulfide) groups is 1. The minimum atomic E-state index is 0.125. The van der Waals surface area contributed by atoms with Crippen molar-refractivity contribution >= 4 is 17.7 Å². The fourth-order valence-corrected chi connectivity index (χ4v) is 3.55. The van der Waals surface area contributed by atoms with Crippen molar-refractivity contribution in [1.29, 1.82) is 0 Å². The van der Waals surface area contributed by atoms with Gasteiger partial charge in [-0.3, -0.25) is 4.79 Å². The van der Waals surface area contributed by atoms with E-state index in [-0.39, 0.29) is 5.92 Å². The van der Waals surface area contributed by atoms with E-state index in [1.54, 1.807) is 0 Å². The average Bonchev–Trinajstić information content (AvgIpc) is 2.45. The first-order chi connectivity index (χ1) is 9.16. The molecule has 1 aromatic rings. The number of rotatable bonds is 4. The Bertz CT molecular complexity index is 404. The van der Waals surface area contributed by atoms with Gasteiger partial charge in [-0.2, -0.15) is 0 Å². The molecule has 1 aliphatic heterocycles. The second-order valence-electron chi connectivity index (χ2n) is 5.57. The minimum absolute atomic E-state index is 0.125. The van der Waals surface area contributed by atoms with Crippen LogP contribution in [0.1, 0.15) is 26.7 Å². The number of carbonyl (C=O) groups is 1. The molecule has 0 bridgehead atoms. The summed E-state index contributed by atoms with van der Waals surface area (Å²) in [5.41, 5.74) is 0. The van der Waals surface area contributed by atoms with Crippen LogP contribution in [0.3, 0.4) is 0 Å². The molecule has 1 unspecified atom stereocenters. The molecule has 2 nitrogen and oxygen atoms in total. The second-order valence-corrected chi connectivity index (χ2v) is 6.66. The van der Waals surface area contributed by atoms with Crippen LogP contribution in [0.25, 0.3) is 0 Å². The molecule has 0 aliphatic carbocycles. The van der Waals surface area contributed by atoms with Crippen LogP contribution in [0.2, 0.25) is 0 Å². The third-order valence-electron chi connectivity index (χ3n) is 3.55. The summed E-state index contributed by atoms with van der Waals surface area (Å²) >= 11 is 1.91. The van der Waals surface area contributed by atoms with Crippen LogP contribution in [0.4, 0.5) is 0 Å². The van der Waals surface area contributed by atoms with Crippen LogP contribution >= 0.6 is 11.8 Å². The molecule has 0 spiro atoms. The van der Waals surface area contributed by atoms with E-state index in [1.807, 2.05) is 31.7 Å². The van der Waals surface area contributed by atoms with E-state index < -0.39 is 0 Å². The van der Waals surface area contributed by atoms with Crippen LogP contribution < -0.4 is 0 Å². The Morgan fingerprint density at radius 3 is 2.79 bits per heavy atom. The van der Waals surface area contributed by atoms with E-state index in [9.17, 15) is 4.79 Å². The van der Waals surface area contributed by atoms with Crippen molar-refractivity contribution in [3.63, 3.8) is 0 Å². The summed E-state index contributed by atoms with van der Waals surface area (Å²) < 4.78 is 0. The molecule has 19 heavy (non-hydrogen) atoms. The molecule has 1 aliphatic rings. The predicted molar refractivity (Wildman–Crippen MR) is 81.3 cm³/mol. The Balaban J connectivity index is 1.83. The van der Waals surface area contributed by atoms with Crippen LogP contribution in [0.15, 0.2) is 35.2 Å². The molecular formula is C16H23NOS. The van der Waals surface area contributed by atoms with Crippen molar-refractivity contribution in [3.05, 3.63) is 30.3 Å². The summed E-state index contributed by atoms with van der Waals surface area (Å²) in [5, 5.41) is 0. The van der Waals surface area contributed by atoms with Gasteiger partial charge < -0.3 is 4.90 Å². The molecule has 0 aromatic heterocycles. The Labute approximate surface area is 120 Å². The lowest BCUT2D eigenvalue weighted by Crippen LogP contribution is -2.42. The number of carbonyl (C=O) groups excluding carboxylic acids is 1. The lowest BCUT2D eigenvalue weighted by molar-refractivity contribution is -0.136. The van der Waals surface area contributed by atoms with Gasteiger partial charge in [0.15, 0.2) is 0 Å². The van der Waals surface area contributed by atoms with Crippen molar-refractivity contribution in [3.8, 4) is 0 Å². The number of benzene rings is 1. The summed E-state index contributed by atoms with van der Waals surface area (Å²) in [5.74, 6) is 2.20. The van der Waals surface area contributed by atoms with Crippen LogP contribution in [-0.4, -0.2) is 29.6 Å². The lowest BCUT2D eigenvalue weighted by atomic mass is 9.99. The third kappa shape index (κ3) is 4.27. The predicted octanol–water partition coefficient (Wildman–Crippen LogP) is 3.67. The molecular weight excluding hydrogens is 254 g/mol. The minimum Gasteiger partial charge on any atom is -0.342 e. The fraction of sp³-hybridized carbons (Fsp3) is 0.562. The number of piperidine rings is 1. The lowest BCUT2D eigenvalue weighted by Gasteiger charge is -2.33. The summed E-state index contributed by atoms with van der Waals surface area (Å²) in [4.78, 5) is 15.4. The van der Waals surface area contributed by atoms with E-state index in [4.69, 9.17) is 0 Å². The maximum Gasteiger partial charge on any atom is 0.225 e. The highest BCUT2D eigenvalue weighted by Gasteiger charge is 2.24. The van der Waals surface area contributed by atoms with Gasteiger partial charge in [-0.15, -0.1) is 11.8 Å². The molecule has 1 aromatic carbocycles. The van der Waals surface area contributed by atoms with Gasteiger partial charge in [0.2, 0.25) is 5.91 Å². The molecule has 104 valence electrons. The van der Waals surface area contributed by atoms with Crippen molar-refractivity contribution < 1.29 is 4.79 Å². The van der Waals surface area contributed by atoms with Gasteiger partial charge in [-0.05, 0) is 30.9 Å². The topological polar surface area (TPSA) is 20.3 Å². The maximum atomic E-state index is 12.0. The Kier molecular flexibility index (Phi) is 5.32. The monoisotopic (exact) mass is 277 g/mol. The molecule has 1 saturated heterocycles. The number of amides is 1. The van der Waals surface area contributed by atoms with Crippen LogP contribution in [0.5, 0.6) is 0 Å². The zero-order valence-electron chi connectivity index (χ0n) is 11.8. The Morgan fingerprint density at radius 1 is 1.37 bits per heavy atom. The van der Waals surface area contributed by atoms with Crippen LogP contribution in [-0.2, 0) is 4.79 Å². The van der Waals surface area contributed by atoms with E-state index in [0.29, 0.717) is 11.8 Å². The highest BCUT2D eigenvalue weighted by Crippen LogP contribution is 2.26. The van der Waals surface area contributed by atoms with Gasteiger partial charge in [-0.1, -0.05) is 32.0 Å². The highest BCUT2D eigenvalue weighted by molar-refractivity contribution is 7.99. The summed E-state index contributed by atoms with van der Waals surface area (Å²) in [6.45, 7) is 5.87. The van der Waals surface area contributed by atoms with Crippen molar-refractivity contribution in [1.82, 2.24) is 4.90 Å². The number of hydrogen-bond acceptors (Lipinski definition) is 2. The van der Waals surface area contributed by atoms with Crippen LogP contribution in [0, 0.1) is 11.8 Å². The first-order valence-electron chi connectivity index (χ1n) is 7.13. The van der Waals surface area contributed by atoms with E-state index >= 15 is 0 Å². The van der Waals surface area contributed by atoms with E-state index in [2.05, 4.69) is 29.2 Å². The third-order valence-corrected chi connectivity index (χ3v) is 4.80. The van der Waals surface area contributed by atoms with Gasteiger partial charge in [0, 0.05) is 29.7 Å². The zero-order chi connectivity index (χ0) is 13.7. The van der Waals surface area contributed by atoms with E-state index in [1.165, 1.54) is 11.3 Å². The standard InChI is InChI=1S/C16H23NOS/c1-13(2)16(18)17-10-6-7-14(11-17)12-19-15-8-4-3-5-9-15/h3-5,8-9,13-14H,6-7,10-12H2,1-2H3. The summed E-state index contributed by atoms with van der Waals surface area (Å²) in [6.07, 6.45) is 2.40. The first-order valence-corrected chi connectivity index (χ1v) is 8.12. The molecule has 0 saturated carbocycles. The van der Waals surface area contributed by atoms with Gasteiger partial charge in [0.1, 0.15) is 0 Å². The van der Waals surface area contributed by atoms with Gasteiger partial charge in [-0.25, -0.2) is 0 Å². The molecule has 3 heteroatoms. The number of hydrogen-bond donors (Lipinski definition) is 0. The summed E-state index contributed by atoms with van der Waals surface area (Å²) in [6, 6.07) is 10.5. The molecule has 0 radical (unpaired) electrons. The molecule has 1 fully saturated rings. The largest absolute Gasteiger partial charge is 0.342 e. The molecule has 1 heterocycles. The quantitative estimate of drug-likeness (QED) is 0.783. The molecule has 2 rings (SSSR count). The van der Waals surface area contributed by atoms with Gasteiger partial charge in [0.05, 0.1) is 0 Å².